The van der Waals surface area contributed by atoms with Crippen molar-refractivity contribution in [2.75, 3.05) is 30.3 Å². The molecule has 1 saturated heterocycles. The molecule has 3 rings (SSSR count). The third kappa shape index (κ3) is 5.57. The monoisotopic (exact) mass is 394 g/mol. The third-order valence-electron chi connectivity index (χ3n) is 4.93. The number of nitrogens with zero attached hydrogens (tertiary/aromatic N) is 1. The van der Waals surface area contributed by atoms with Crippen molar-refractivity contribution in [2.45, 2.75) is 19.8 Å². The Bertz CT molecular complexity index is 844. The van der Waals surface area contributed by atoms with Gasteiger partial charge in [-0.05, 0) is 56.2 Å². The molecule has 0 aliphatic carbocycles. The van der Waals surface area contributed by atoms with Crippen molar-refractivity contribution >= 4 is 29.2 Å². The molecule has 1 aliphatic rings. The summed E-state index contributed by atoms with van der Waals surface area (Å²) in [6.45, 7) is 3.67. The van der Waals surface area contributed by atoms with Crippen LogP contribution in [0.1, 0.15) is 30.1 Å². The van der Waals surface area contributed by atoms with E-state index in [2.05, 4.69) is 16.0 Å². The zero-order valence-electron chi connectivity index (χ0n) is 16.5. The summed E-state index contributed by atoms with van der Waals surface area (Å²) in [5, 5.41) is 8.34. The van der Waals surface area contributed by atoms with Gasteiger partial charge in [0, 0.05) is 42.5 Å². The van der Waals surface area contributed by atoms with Crippen LogP contribution in [-0.4, -0.2) is 42.4 Å². The van der Waals surface area contributed by atoms with Crippen molar-refractivity contribution in [3.05, 3.63) is 60.2 Å². The Morgan fingerprint density at radius 3 is 2.07 bits per heavy atom. The summed E-state index contributed by atoms with van der Waals surface area (Å²) in [4.78, 5) is 38.5. The van der Waals surface area contributed by atoms with Crippen molar-refractivity contribution in [1.29, 1.82) is 0 Å². The number of amides is 4. The Hall–Kier alpha value is -3.35. The number of hydrogen-bond acceptors (Lipinski definition) is 3. The Labute approximate surface area is 170 Å². The number of anilines is 2. The van der Waals surface area contributed by atoms with Gasteiger partial charge >= 0.3 is 6.03 Å². The van der Waals surface area contributed by atoms with Crippen LogP contribution in [0.5, 0.6) is 0 Å². The van der Waals surface area contributed by atoms with Crippen LogP contribution in [0, 0.1) is 5.92 Å². The summed E-state index contributed by atoms with van der Waals surface area (Å²) >= 11 is 0. The van der Waals surface area contributed by atoms with Crippen molar-refractivity contribution in [1.82, 2.24) is 10.2 Å². The number of nitrogens with one attached hydrogen (secondary N) is 3. The van der Waals surface area contributed by atoms with E-state index in [1.54, 1.807) is 41.3 Å². The molecule has 29 heavy (non-hydrogen) atoms. The summed E-state index contributed by atoms with van der Waals surface area (Å²) in [5.41, 5.74) is 1.87. The molecule has 7 nitrogen and oxygen atoms in total. The maximum Gasteiger partial charge on any atom is 0.323 e. The maximum absolute atomic E-state index is 12.7. The van der Waals surface area contributed by atoms with Crippen molar-refractivity contribution < 1.29 is 14.4 Å². The largest absolute Gasteiger partial charge is 0.356 e. The van der Waals surface area contributed by atoms with Gasteiger partial charge in [-0.2, -0.15) is 0 Å². The minimum Gasteiger partial charge on any atom is -0.356 e. The molecule has 4 amide bonds. The second kappa shape index (κ2) is 9.73. The maximum atomic E-state index is 12.7. The molecule has 0 aromatic heterocycles. The molecule has 0 spiro atoms. The summed E-state index contributed by atoms with van der Waals surface area (Å²) < 4.78 is 0. The highest BCUT2D eigenvalue weighted by Gasteiger charge is 2.27. The predicted molar refractivity (Wildman–Crippen MR) is 113 cm³/mol. The fraction of sp³-hybridized carbons (Fsp3) is 0.318. The van der Waals surface area contributed by atoms with Crippen molar-refractivity contribution in [3.63, 3.8) is 0 Å². The van der Waals surface area contributed by atoms with E-state index in [9.17, 15) is 14.4 Å². The zero-order chi connectivity index (χ0) is 20.6. The first kappa shape index (κ1) is 20.4. The molecule has 0 saturated carbocycles. The number of carbonyl (C=O) groups excluding carboxylic acids is 3. The van der Waals surface area contributed by atoms with Gasteiger partial charge in [0.2, 0.25) is 5.91 Å². The molecule has 3 N–H and O–H groups in total. The number of urea groups is 1. The van der Waals surface area contributed by atoms with Crippen LogP contribution < -0.4 is 16.0 Å². The fourth-order valence-electron chi connectivity index (χ4n) is 3.36. The lowest BCUT2D eigenvalue weighted by atomic mass is 9.95. The number of hydrogen-bond donors (Lipinski definition) is 3. The molecule has 0 atom stereocenters. The second-order valence-corrected chi connectivity index (χ2v) is 6.98. The predicted octanol–water partition coefficient (Wildman–Crippen LogP) is 3.32. The average Bonchev–Trinajstić information content (AvgIpc) is 2.75. The van der Waals surface area contributed by atoms with Crippen LogP contribution in [0.25, 0.3) is 0 Å². The van der Waals surface area contributed by atoms with Gasteiger partial charge in [-0.1, -0.05) is 18.2 Å². The summed E-state index contributed by atoms with van der Waals surface area (Å²) in [6.07, 6.45) is 1.35. The molecule has 2 aromatic carbocycles. The molecule has 1 aliphatic heterocycles. The van der Waals surface area contributed by atoms with E-state index in [4.69, 9.17) is 0 Å². The molecule has 0 radical (unpaired) electrons. The molecule has 152 valence electrons. The lowest BCUT2D eigenvalue weighted by molar-refractivity contribution is -0.126. The van der Waals surface area contributed by atoms with Crippen LogP contribution in [-0.2, 0) is 4.79 Å². The first-order valence-electron chi connectivity index (χ1n) is 9.87. The SMILES string of the molecule is CCNC(=O)C1CCN(C(=O)c2ccc(NC(=O)Nc3ccccc3)cc2)CC1. The lowest BCUT2D eigenvalue weighted by Gasteiger charge is -2.31. The summed E-state index contributed by atoms with van der Waals surface area (Å²) in [6, 6.07) is 15.6. The first-order chi connectivity index (χ1) is 14.1. The summed E-state index contributed by atoms with van der Waals surface area (Å²) in [7, 11) is 0. The second-order valence-electron chi connectivity index (χ2n) is 6.98. The van der Waals surface area contributed by atoms with E-state index >= 15 is 0 Å². The normalized spacial score (nSPS) is 14.2. The number of para-hydroxylation sites is 1. The molecular formula is C22H26N4O3. The Kier molecular flexibility index (Phi) is 6.84. The van der Waals surface area contributed by atoms with E-state index < -0.39 is 0 Å². The minimum absolute atomic E-state index is 0.0197. The number of piperidine rings is 1. The molecule has 1 fully saturated rings. The zero-order valence-corrected chi connectivity index (χ0v) is 16.5. The van der Waals surface area contributed by atoms with Crippen LogP contribution in [0.15, 0.2) is 54.6 Å². The van der Waals surface area contributed by atoms with Gasteiger partial charge in [-0.15, -0.1) is 0 Å². The first-order valence-corrected chi connectivity index (χ1v) is 9.87. The van der Waals surface area contributed by atoms with Crippen LogP contribution in [0.4, 0.5) is 16.2 Å². The Balaban J connectivity index is 1.51. The Morgan fingerprint density at radius 1 is 0.897 bits per heavy atom. The van der Waals surface area contributed by atoms with Gasteiger partial charge in [0.05, 0.1) is 0 Å². The van der Waals surface area contributed by atoms with Gasteiger partial charge in [-0.25, -0.2) is 4.79 Å². The molecule has 2 aromatic rings. The highest BCUT2D eigenvalue weighted by atomic mass is 16.2. The third-order valence-corrected chi connectivity index (χ3v) is 4.93. The van der Waals surface area contributed by atoms with E-state index in [-0.39, 0.29) is 23.8 Å². The van der Waals surface area contributed by atoms with Gasteiger partial charge in [0.1, 0.15) is 0 Å². The van der Waals surface area contributed by atoms with Crippen LogP contribution >= 0.6 is 0 Å². The standard InChI is InChI=1S/C22H26N4O3/c1-2-23-20(27)16-12-14-26(15-13-16)21(28)17-8-10-19(11-9-17)25-22(29)24-18-6-4-3-5-7-18/h3-11,16H,2,12-15H2,1H3,(H,23,27)(H2,24,25,29). The fourth-order valence-corrected chi connectivity index (χ4v) is 3.36. The van der Waals surface area contributed by atoms with Gasteiger partial charge in [-0.3, -0.25) is 9.59 Å². The molecule has 0 unspecified atom stereocenters. The lowest BCUT2D eigenvalue weighted by Crippen LogP contribution is -2.43. The van der Waals surface area contributed by atoms with E-state index in [1.165, 1.54) is 0 Å². The minimum atomic E-state index is -0.345. The smallest absolute Gasteiger partial charge is 0.323 e. The number of benzene rings is 2. The molecule has 0 bridgehead atoms. The van der Waals surface area contributed by atoms with Gasteiger partial charge < -0.3 is 20.9 Å². The molecule has 1 heterocycles. The molecular weight excluding hydrogens is 368 g/mol. The van der Waals surface area contributed by atoms with Crippen molar-refractivity contribution in [3.8, 4) is 0 Å². The van der Waals surface area contributed by atoms with Crippen LogP contribution in [0.3, 0.4) is 0 Å². The van der Waals surface area contributed by atoms with E-state index in [0.29, 0.717) is 49.4 Å². The van der Waals surface area contributed by atoms with E-state index in [0.717, 1.165) is 0 Å². The highest BCUT2D eigenvalue weighted by Crippen LogP contribution is 2.20. The number of rotatable bonds is 5. The van der Waals surface area contributed by atoms with Gasteiger partial charge in [0.15, 0.2) is 0 Å². The molecule has 7 heteroatoms. The van der Waals surface area contributed by atoms with Crippen molar-refractivity contribution in [2.24, 2.45) is 5.92 Å². The highest BCUT2D eigenvalue weighted by molar-refractivity contribution is 6.00. The van der Waals surface area contributed by atoms with Crippen LogP contribution in [0.2, 0.25) is 0 Å². The Morgan fingerprint density at radius 2 is 1.48 bits per heavy atom. The summed E-state index contributed by atoms with van der Waals surface area (Å²) in [5.74, 6) is -0.00264. The topological polar surface area (TPSA) is 90.5 Å². The average molecular weight is 394 g/mol. The number of carbonyl (C=O) groups is 3. The number of likely N-dealkylation sites (tertiary alicyclic amines) is 1. The van der Waals surface area contributed by atoms with E-state index in [1.807, 2.05) is 25.1 Å². The van der Waals surface area contributed by atoms with Gasteiger partial charge in [0.25, 0.3) is 5.91 Å². The quantitative estimate of drug-likeness (QED) is 0.727.